The summed E-state index contributed by atoms with van der Waals surface area (Å²) in [6, 6.07) is 4.12. The summed E-state index contributed by atoms with van der Waals surface area (Å²) in [4.78, 5) is 48.8. The highest BCUT2D eigenvalue weighted by atomic mass is 16.8. The third-order valence-corrected chi connectivity index (χ3v) is 5.10. The Bertz CT molecular complexity index is 1010. The Morgan fingerprint density at radius 1 is 0.895 bits per heavy atom. The standard InChI is InChI=1S/C27H41NO10/c1-10-16(2)21(29)34-17(3)14-27(28,22(30)31)15-18-11-12-19(35-23(32)37-25(4,5)6)20(13-18)36-24(33)38-26(7,8)9/h11-13,16-17H,10,14-15,28H2,1-9H3,(H,30,31)/t16?,17-,27?/m0/s1. The van der Waals surface area contributed by atoms with E-state index in [4.69, 9.17) is 29.4 Å². The zero-order valence-electron chi connectivity index (χ0n) is 23.7. The number of carboxylic acids is 1. The number of carbonyl (C=O) groups excluding carboxylic acids is 3. The number of nitrogens with two attached hydrogens (primary N) is 1. The van der Waals surface area contributed by atoms with Gasteiger partial charge < -0.3 is 34.5 Å². The van der Waals surface area contributed by atoms with Crippen molar-refractivity contribution in [3.8, 4) is 11.5 Å². The Hall–Kier alpha value is -3.34. The summed E-state index contributed by atoms with van der Waals surface area (Å²) in [5.74, 6) is -2.44. The molecular formula is C27H41NO10. The molecule has 0 heterocycles. The summed E-state index contributed by atoms with van der Waals surface area (Å²) >= 11 is 0. The number of esters is 1. The molecule has 11 nitrogen and oxygen atoms in total. The maximum Gasteiger partial charge on any atom is 0.514 e. The number of benzene rings is 1. The lowest BCUT2D eigenvalue weighted by molar-refractivity contribution is -0.156. The van der Waals surface area contributed by atoms with Crippen molar-refractivity contribution in [3.05, 3.63) is 23.8 Å². The highest BCUT2D eigenvalue weighted by Gasteiger charge is 2.37. The number of hydrogen-bond acceptors (Lipinski definition) is 10. The highest BCUT2D eigenvalue weighted by Crippen LogP contribution is 2.32. The van der Waals surface area contributed by atoms with E-state index in [1.54, 1.807) is 55.4 Å². The normalized spacial score (nSPS) is 14.9. The van der Waals surface area contributed by atoms with Gasteiger partial charge in [0, 0.05) is 12.8 Å². The average Bonchev–Trinajstić information content (AvgIpc) is 2.71. The molecule has 1 rings (SSSR count). The van der Waals surface area contributed by atoms with Gasteiger partial charge in [0.1, 0.15) is 22.8 Å². The van der Waals surface area contributed by atoms with Crippen LogP contribution in [0.15, 0.2) is 18.2 Å². The zero-order valence-corrected chi connectivity index (χ0v) is 23.7. The van der Waals surface area contributed by atoms with Crippen LogP contribution in [0.25, 0.3) is 0 Å². The van der Waals surface area contributed by atoms with E-state index < -0.39 is 47.1 Å². The van der Waals surface area contributed by atoms with Gasteiger partial charge in [0.25, 0.3) is 0 Å². The molecule has 0 bridgehead atoms. The zero-order chi connectivity index (χ0) is 29.5. The molecule has 0 radical (unpaired) electrons. The first-order chi connectivity index (χ1) is 17.2. The average molecular weight is 540 g/mol. The molecule has 0 fully saturated rings. The molecular weight excluding hydrogens is 498 g/mol. The number of hydrogen-bond donors (Lipinski definition) is 2. The number of carboxylic acid groups (broad SMARTS) is 1. The van der Waals surface area contributed by atoms with E-state index in [0.29, 0.717) is 12.0 Å². The Morgan fingerprint density at radius 3 is 1.84 bits per heavy atom. The molecule has 2 unspecified atom stereocenters. The van der Waals surface area contributed by atoms with Gasteiger partial charge >= 0.3 is 24.2 Å². The summed E-state index contributed by atoms with van der Waals surface area (Å²) < 4.78 is 26.2. The van der Waals surface area contributed by atoms with E-state index in [2.05, 4.69) is 0 Å². The summed E-state index contributed by atoms with van der Waals surface area (Å²) in [5.41, 5.74) is 3.08. The molecule has 1 aromatic carbocycles. The summed E-state index contributed by atoms with van der Waals surface area (Å²) in [7, 11) is 0. The molecule has 0 aliphatic carbocycles. The number of aliphatic carboxylic acids is 1. The van der Waals surface area contributed by atoms with E-state index >= 15 is 0 Å². The third kappa shape index (κ3) is 11.4. The van der Waals surface area contributed by atoms with Crippen molar-refractivity contribution >= 4 is 24.2 Å². The Kier molecular flexibility index (Phi) is 11.1. The molecule has 11 heteroatoms. The van der Waals surface area contributed by atoms with Gasteiger partial charge in [-0.3, -0.25) is 9.59 Å². The van der Waals surface area contributed by atoms with Crippen molar-refractivity contribution in [2.24, 2.45) is 11.7 Å². The van der Waals surface area contributed by atoms with Gasteiger partial charge in [-0.2, -0.15) is 0 Å². The molecule has 3 N–H and O–H groups in total. The Morgan fingerprint density at radius 2 is 1.39 bits per heavy atom. The van der Waals surface area contributed by atoms with Crippen LogP contribution in [0.2, 0.25) is 0 Å². The van der Waals surface area contributed by atoms with Crippen LogP contribution in [0, 0.1) is 5.92 Å². The van der Waals surface area contributed by atoms with Crippen LogP contribution in [-0.2, 0) is 30.2 Å². The second-order valence-corrected chi connectivity index (χ2v) is 11.3. The van der Waals surface area contributed by atoms with E-state index in [9.17, 15) is 24.3 Å². The molecule has 0 saturated heterocycles. The maximum absolute atomic E-state index is 12.3. The molecule has 0 aromatic heterocycles. The highest BCUT2D eigenvalue weighted by molar-refractivity contribution is 5.79. The largest absolute Gasteiger partial charge is 0.514 e. The van der Waals surface area contributed by atoms with Gasteiger partial charge in [-0.1, -0.05) is 19.9 Å². The van der Waals surface area contributed by atoms with Crippen LogP contribution in [0.4, 0.5) is 9.59 Å². The summed E-state index contributed by atoms with van der Waals surface area (Å²) in [5, 5.41) is 9.90. The third-order valence-electron chi connectivity index (χ3n) is 5.10. The van der Waals surface area contributed by atoms with Gasteiger partial charge in [-0.15, -0.1) is 0 Å². The van der Waals surface area contributed by atoms with Crippen molar-refractivity contribution < 1.29 is 48.0 Å². The van der Waals surface area contributed by atoms with E-state index in [1.807, 2.05) is 6.92 Å². The van der Waals surface area contributed by atoms with Gasteiger partial charge in [-0.25, -0.2) is 9.59 Å². The summed E-state index contributed by atoms with van der Waals surface area (Å²) in [6.45, 7) is 15.0. The molecule has 3 atom stereocenters. The topological polar surface area (TPSA) is 161 Å². The number of carbonyl (C=O) groups is 4. The first-order valence-electron chi connectivity index (χ1n) is 12.4. The van der Waals surface area contributed by atoms with Crippen LogP contribution >= 0.6 is 0 Å². The van der Waals surface area contributed by atoms with Crippen LogP contribution in [0.1, 0.15) is 80.7 Å². The fourth-order valence-electron chi connectivity index (χ4n) is 3.18. The van der Waals surface area contributed by atoms with E-state index in [1.165, 1.54) is 18.2 Å². The van der Waals surface area contributed by atoms with Crippen LogP contribution in [-0.4, -0.2) is 52.2 Å². The molecule has 0 aliphatic rings. The maximum atomic E-state index is 12.3. The molecule has 0 spiro atoms. The van der Waals surface area contributed by atoms with Gasteiger partial charge in [-0.05, 0) is 72.6 Å². The number of ether oxygens (including phenoxy) is 5. The van der Waals surface area contributed by atoms with Crippen LogP contribution in [0.5, 0.6) is 11.5 Å². The SMILES string of the molecule is CCC(C)C(=O)O[C@@H](C)CC(N)(Cc1ccc(OC(=O)OC(C)(C)C)c(OC(=O)OC(C)(C)C)c1)C(=O)O. The minimum atomic E-state index is -1.83. The second kappa shape index (κ2) is 12.9. The quantitative estimate of drug-likeness (QED) is 0.234. The van der Waals surface area contributed by atoms with Crippen molar-refractivity contribution in [2.75, 3.05) is 0 Å². The Balaban J connectivity index is 3.26. The molecule has 0 saturated carbocycles. The fourth-order valence-corrected chi connectivity index (χ4v) is 3.18. The molecule has 38 heavy (non-hydrogen) atoms. The van der Waals surface area contributed by atoms with Crippen molar-refractivity contribution in [1.82, 2.24) is 0 Å². The Labute approximate surface area is 223 Å². The minimum absolute atomic E-state index is 0.150. The van der Waals surface area contributed by atoms with E-state index in [0.717, 1.165) is 0 Å². The molecule has 0 amide bonds. The predicted octanol–water partition coefficient (Wildman–Crippen LogP) is 5.01. The van der Waals surface area contributed by atoms with Crippen molar-refractivity contribution in [2.45, 2.75) is 104 Å². The molecule has 214 valence electrons. The lowest BCUT2D eigenvalue weighted by Crippen LogP contribution is -2.52. The van der Waals surface area contributed by atoms with Crippen LogP contribution in [0.3, 0.4) is 0 Å². The lowest BCUT2D eigenvalue weighted by Gasteiger charge is -2.28. The van der Waals surface area contributed by atoms with Gasteiger partial charge in [0.05, 0.1) is 5.92 Å². The number of rotatable bonds is 10. The molecule has 1 aromatic rings. The minimum Gasteiger partial charge on any atom is -0.480 e. The van der Waals surface area contributed by atoms with Crippen LogP contribution < -0.4 is 15.2 Å². The van der Waals surface area contributed by atoms with Gasteiger partial charge in [0.15, 0.2) is 11.5 Å². The predicted molar refractivity (Wildman–Crippen MR) is 138 cm³/mol. The van der Waals surface area contributed by atoms with Crippen molar-refractivity contribution in [3.63, 3.8) is 0 Å². The lowest BCUT2D eigenvalue weighted by atomic mass is 9.86. The first-order valence-corrected chi connectivity index (χ1v) is 12.4. The summed E-state index contributed by atoms with van der Waals surface area (Å²) in [6.07, 6.45) is -2.68. The fraction of sp³-hybridized carbons (Fsp3) is 0.630. The van der Waals surface area contributed by atoms with Gasteiger partial charge in [0.2, 0.25) is 0 Å². The molecule has 0 aliphatic heterocycles. The second-order valence-electron chi connectivity index (χ2n) is 11.3. The van der Waals surface area contributed by atoms with E-state index in [-0.39, 0.29) is 30.3 Å². The monoisotopic (exact) mass is 539 g/mol. The first kappa shape index (κ1) is 32.7. The smallest absolute Gasteiger partial charge is 0.480 e. The van der Waals surface area contributed by atoms with Crippen molar-refractivity contribution in [1.29, 1.82) is 0 Å².